The van der Waals surface area contributed by atoms with Crippen LogP contribution in [0.25, 0.3) is 0 Å². The standard InChI is InChI=1S/C16H22BrNO3/c1-18-10-11-4-2-5-20-15(11)12-8-13(17)16-14(9-12)19-6-3-7-21-16/h8-9,11,15,18H,2-7,10H2,1H3. The molecule has 1 saturated heterocycles. The lowest BCUT2D eigenvalue weighted by Gasteiger charge is -2.32. The fraction of sp³-hybridized carbons (Fsp3) is 0.625. The predicted molar refractivity (Wildman–Crippen MR) is 85.1 cm³/mol. The van der Waals surface area contributed by atoms with E-state index >= 15 is 0 Å². The SMILES string of the molecule is CNCC1CCCOC1c1cc(Br)c2c(c1)OCCCO2. The van der Waals surface area contributed by atoms with E-state index in [0.29, 0.717) is 19.1 Å². The number of fused-ring (bicyclic) bond motifs is 1. The second-order valence-electron chi connectivity index (χ2n) is 5.63. The highest BCUT2D eigenvalue weighted by Gasteiger charge is 2.29. The minimum absolute atomic E-state index is 0.125. The van der Waals surface area contributed by atoms with Crippen LogP contribution in [-0.4, -0.2) is 33.4 Å². The summed E-state index contributed by atoms with van der Waals surface area (Å²) < 4.78 is 18.6. The fourth-order valence-electron chi connectivity index (χ4n) is 3.10. The molecule has 1 aromatic carbocycles. The molecule has 0 saturated carbocycles. The molecule has 2 aliphatic rings. The van der Waals surface area contributed by atoms with Crippen LogP contribution < -0.4 is 14.8 Å². The van der Waals surface area contributed by atoms with Crippen LogP contribution in [0.5, 0.6) is 11.5 Å². The van der Waals surface area contributed by atoms with Gasteiger partial charge in [0, 0.05) is 25.5 Å². The van der Waals surface area contributed by atoms with Crippen LogP contribution in [0.3, 0.4) is 0 Å². The van der Waals surface area contributed by atoms with Gasteiger partial charge in [0.05, 0.1) is 23.8 Å². The molecular weight excluding hydrogens is 334 g/mol. The Hall–Kier alpha value is -0.780. The van der Waals surface area contributed by atoms with E-state index in [-0.39, 0.29) is 6.10 Å². The monoisotopic (exact) mass is 355 g/mol. The molecule has 4 nitrogen and oxygen atoms in total. The number of nitrogens with one attached hydrogen (secondary N) is 1. The Kier molecular flexibility index (Phi) is 5.03. The number of hydrogen-bond donors (Lipinski definition) is 1. The molecule has 0 spiro atoms. The Labute approximate surface area is 134 Å². The van der Waals surface area contributed by atoms with Crippen molar-refractivity contribution in [1.29, 1.82) is 0 Å². The van der Waals surface area contributed by atoms with Gasteiger partial charge in [-0.15, -0.1) is 0 Å². The highest BCUT2D eigenvalue weighted by molar-refractivity contribution is 9.10. The summed E-state index contributed by atoms with van der Waals surface area (Å²) in [6.45, 7) is 3.20. The molecule has 5 heteroatoms. The van der Waals surface area contributed by atoms with Crippen LogP contribution in [-0.2, 0) is 4.74 Å². The summed E-state index contributed by atoms with van der Waals surface area (Å²) in [4.78, 5) is 0. The normalized spacial score (nSPS) is 25.4. The van der Waals surface area contributed by atoms with E-state index in [1.54, 1.807) is 0 Å². The third kappa shape index (κ3) is 3.35. The quantitative estimate of drug-likeness (QED) is 0.902. The maximum Gasteiger partial charge on any atom is 0.175 e. The van der Waals surface area contributed by atoms with Crippen molar-refractivity contribution in [3.8, 4) is 11.5 Å². The van der Waals surface area contributed by atoms with Crippen LogP contribution in [0.2, 0.25) is 0 Å². The summed E-state index contributed by atoms with van der Waals surface area (Å²) in [5.41, 5.74) is 1.17. The van der Waals surface area contributed by atoms with Crippen LogP contribution in [0.4, 0.5) is 0 Å². The van der Waals surface area contributed by atoms with Crippen molar-refractivity contribution in [2.24, 2.45) is 5.92 Å². The van der Waals surface area contributed by atoms with Gasteiger partial charge in [0.2, 0.25) is 0 Å². The number of rotatable bonds is 3. The first kappa shape index (κ1) is 15.1. The van der Waals surface area contributed by atoms with Crippen molar-refractivity contribution < 1.29 is 14.2 Å². The fourth-order valence-corrected chi connectivity index (χ4v) is 3.67. The largest absolute Gasteiger partial charge is 0.490 e. The molecular formula is C16H22BrNO3. The molecule has 116 valence electrons. The van der Waals surface area contributed by atoms with Crippen molar-refractivity contribution >= 4 is 15.9 Å². The second-order valence-corrected chi connectivity index (χ2v) is 6.49. The third-order valence-electron chi connectivity index (χ3n) is 4.06. The number of benzene rings is 1. The van der Waals surface area contributed by atoms with Gasteiger partial charge in [-0.1, -0.05) is 0 Å². The highest BCUT2D eigenvalue weighted by Crippen LogP contribution is 2.42. The lowest BCUT2D eigenvalue weighted by atomic mass is 9.89. The molecule has 2 unspecified atom stereocenters. The number of halogens is 1. The van der Waals surface area contributed by atoms with Gasteiger partial charge in [-0.3, -0.25) is 0 Å². The van der Waals surface area contributed by atoms with Crippen LogP contribution >= 0.6 is 15.9 Å². The first-order valence-corrected chi connectivity index (χ1v) is 8.44. The molecule has 3 rings (SSSR count). The second kappa shape index (κ2) is 6.99. The van der Waals surface area contributed by atoms with E-state index in [0.717, 1.165) is 42.0 Å². The summed E-state index contributed by atoms with van der Waals surface area (Å²) in [7, 11) is 2.00. The van der Waals surface area contributed by atoms with Crippen molar-refractivity contribution in [3.63, 3.8) is 0 Å². The summed E-state index contributed by atoms with van der Waals surface area (Å²) in [6, 6.07) is 4.20. The van der Waals surface area contributed by atoms with Crippen molar-refractivity contribution in [2.45, 2.75) is 25.4 Å². The van der Waals surface area contributed by atoms with Gasteiger partial charge in [-0.25, -0.2) is 0 Å². The predicted octanol–water partition coefficient (Wildman–Crippen LogP) is 3.30. The maximum absolute atomic E-state index is 6.05. The Morgan fingerprint density at radius 1 is 1.19 bits per heavy atom. The van der Waals surface area contributed by atoms with Gasteiger partial charge in [0.1, 0.15) is 0 Å². The molecule has 0 radical (unpaired) electrons. The molecule has 2 aliphatic heterocycles. The van der Waals surface area contributed by atoms with E-state index in [9.17, 15) is 0 Å². The van der Waals surface area contributed by atoms with Crippen LogP contribution in [0.1, 0.15) is 30.9 Å². The summed E-state index contributed by atoms with van der Waals surface area (Å²) >= 11 is 3.62. The van der Waals surface area contributed by atoms with Crippen LogP contribution in [0.15, 0.2) is 16.6 Å². The molecule has 0 amide bonds. The van der Waals surface area contributed by atoms with Gasteiger partial charge in [0.25, 0.3) is 0 Å². The molecule has 1 fully saturated rings. The molecule has 2 atom stereocenters. The average Bonchev–Trinajstić information content (AvgIpc) is 2.74. The van der Waals surface area contributed by atoms with Gasteiger partial charge < -0.3 is 19.5 Å². The summed E-state index contributed by atoms with van der Waals surface area (Å²) in [5.74, 6) is 2.15. The van der Waals surface area contributed by atoms with E-state index in [2.05, 4.69) is 33.4 Å². The minimum atomic E-state index is 0.125. The molecule has 2 heterocycles. The molecule has 1 aromatic rings. The summed E-state index contributed by atoms with van der Waals surface area (Å²) in [5, 5.41) is 3.28. The lowest BCUT2D eigenvalue weighted by Crippen LogP contribution is -2.30. The number of hydrogen-bond acceptors (Lipinski definition) is 4. The van der Waals surface area contributed by atoms with E-state index < -0.39 is 0 Å². The molecule has 0 aliphatic carbocycles. The Bertz CT molecular complexity index is 493. The smallest absolute Gasteiger partial charge is 0.175 e. The van der Waals surface area contributed by atoms with Gasteiger partial charge in [-0.2, -0.15) is 0 Å². The first-order chi connectivity index (χ1) is 10.3. The van der Waals surface area contributed by atoms with E-state index in [1.807, 2.05) is 7.05 Å². The van der Waals surface area contributed by atoms with Crippen LogP contribution in [0, 0.1) is 5.92 Å². The topological polar surface area (TPSA) is 39.7 Å². The first-order valence-electron chi connectivity index (χ1n) is 7.65. The zero-order valence-corrected chi connectivity index (χ0v) is 13.9. The van der Waals surface area contributed by atoms with Gasteiger partial charge in [0.15, 0.2) is 11.5 Å². The van der Waals surface area contributed by atoms with Crippen molar-refractivity contribution in [2.75, 3.05) is 33.4 Å². The average molecular weight is 356 g/mol. The Balaban J connectivity index is 1.90. The Morgan fingerprint density at radius 2 is 2.05 bits per heavy atom. The van der Waals surface area contributed by atoms with Crippen molar-refractivity contribution in [3.05, 3.63) is 22.2 Å². The molecule has 21 heavy (non-hydrogen) atoms. The van der Waals surface area contributed by atoms with Crippen molar-refractivity contribution in [1.82, 2.24) is 5.32 Å². The van der Waals surface area contributed by atoms with Gasteiger partial charge >= 0.3 is 0 Å². The number of ether oxygens (including phenoxy) is 3. The zero-order valence-electron chi connectivity index (χ0n) is 12.4. The lowest BCUT2D eigenvalue weighted by molar-refractivity contribution is -0.0274. The molecule has 0 bridgehead atoms. The van der Waals surface area contributed by atoms with E-state index in [4.69, 9.17) is 14.2 Å². The molecule has 1 N–H and O–H groups in total. The maximum atomic E-state index is 6.05. The van der Waals surface area contributed by atoms with E-state index in [1.165, 1.54) is 12.0 Å². The summed E-state index contributed by atoms with van der Waals surface area (Å²) in [6.07, 6.45) is 3.37. The Morgan fingerprint density at radius 3 is 2.90 bits per heavy atom. The third-order valence-corrected chi connectivity index (χ3v) is 4.65. The van der Waals surface area contributed by atoms with Gasteiger partial charge in [-0.05, 0) is 53.5 Å². The zero-order chi connectivity index (χ0) is 14.7. The minimum Gasteiger partial charge on any atom is -0.490 e. The highest BCUT2D eigenvalue weighted by atomic mass is 79.9. The molecule has 0 aromatic heterocycles.